The normalized spacial score (nSPS) is 10.2. The van der Waals surface area contributed by atoms with E-state index in [9.17, 15) is 9.65 Å². The molecule has 7 heteroatoms. The predicted molar refractivity (Wildman–Crippen MR) is 104 cm³/mol. The van der Waals surface area contributed by atoms with Gasteiger partial charge in [-0.05, 0) is 30.3 Å². The molecule has 0 aliphatic rings. The van der Waals surface area contributed by atoms with Crippen molar-refractivity contribution >= 4 is 5.82 Å². The Morgan fingerprint density at radius 1 is 0.964 bits per heavy atom. The summed E-state index contributed by atoms with van der Waals surface area (Å²) in [5.41, 5.74) is 8.26. The van der Waals surface area contributed by atoms with Gasteiger partial charge < -0.3 is 19.9 Å². The maximum atomic E-state index is 13.7. The second kappa shape index (κ2) is 7.84. The number of nitrogens with zero attached hydrogens (tertiary/aromatic N) is 2. The van der Waals surface area contributed by atoms with Crippen LogP contribution in [0, 0.1) is 17.1 Å². The number of nitriles is 1. The van der Waals surface area contributed by atoms with Crippen LogP contribution in [0.25, 0.3) is 22.4 Å². The van der Waals surface area contributed by atoms with E-state index in [1.807, 2.05) is 0 Å². The van der Waals surface area contributed by atoms with Crippen LogP contribution in [0.4, 0.5) is 10.2 Å². The van der Waals surface area contributed by atoms with Crippen molar-refractivity contribution in [3.05, 3.63) is 53.8 Å². The molecular weight excluding hydrogens is 361 g/mol. The molecule has 0 aliphatic carbocycles. The minimum Gasteiger partial charge on any atom is -0.493 e. The second-order valence-corrected chi connectivity index (χ2v) is 5.82. The van der Waals surface area contributed by atoms with Crippen LogP contribution in [-0.2, 0) is 0 Å². The fourth-order valence-electron chi connectivity index (χ4n) is 3.00. The van der Waals surface area contributed by atoms with Crippen LogP contribution in [0.5, 0.6) is 17.2 Å². The quantitative estimate of drug-likeness (QED) is 0.720. The number of ether oxygens (including phenoxy) is 3. The molecule has 0 amide bonds. The number of hydrogen-bond donors (Lipinski definition) is 1. The minimum absolute atomic E-state index is 0.0381. The molecule has 0 spiro atoms. The summed E-state index contributed by atoms with van der Waals surface area (Å²) in [5.74, 6) is 0.890. The number of rotatable bonds is 5. The Morgan fingerprint density at radius 3 is 2.32 bits per heavy atom. The van der Waals surface area contributed by atoms with Gasteiger partial charge in [0, 0.05) is 16.7 Å². The molecule has 3 rings (SSSR count). The van der Waals surface area contributed by atoms with Crippen LogP contribution in [0.2, 0.25) is 0 Å². The first kappa shape index (κ1) is 19.0. The van der Waals surface area contributed by atoms with Gasteiger partial charge in [-0.2, -0.15) is 5.26 Å². The van der Waals surface area contributed by atoms with Crippen LogP contribution < -0.4 is 19.9 Å². The number of halogens is 1. The van der Waals surface area contributed by atoms with Crippen LogP contribution in [0.15, 0.2) is 42.5 Å². The van der Waals surface area contributed by atoms with Crippen LogP contribution >= 0.6 is 0 Å². The van der Waals surface area contributed by atoms with Gasteiger partial charge in [-0.15, -0.1) is 0 Å². The minimum atomic E-state index is -0.396. The van der Waals surface area contributed by atoms with Crippen molar-refractivity contribution in [3.63, 3.8) is 0 Å². The third kappa shape index (κ3) is 3.28. The lowest BCUT2D eigenvalue weighted by Crippen LogP contribution is -2.02. The average molecular weight is 379 g/mol. The summed E-state index contributed by atoms with van der Waals surface area (Å²) in [6, 6.07) is 13.2. The number of hydrogen-bond acceptors (Lipinski definition) is 6. The third-order valence-electron chi connectivity index (χ3n) is 4.27. The summed E-state index contributed by atoms with van der Waals surface area (Å²) in [6.45, 7) is 0. The van der Waals surface area contributed by atoms with Gasteiger partial charge in [0.25, 0.3) is 0 Å². The second-order valence-electron chi connectivity index (χ2n) is 5.82. The van der Waals surface area contributed by atoms with E-state index >= 15 is 0 Å². The van der Waals surface area contributed by atoms with Crippen molar-refractivity contribution in [1.82, 2.24) is 4.98 Å². The zero-order chi connectivity index (χ0) is 20.3. The maximum absolute atomic E-state index is 13.7. The van der Waals surface area contributed by atoms with Crippen molar-refractivity contribution in [1.29, 1.82) is 5.26 Å². The van der Waals surface area contributed by atoms with Crippen molar-refractivity contribution in [2.45, 2.75) is 0 Å². The molecule has 0 saturated carbocycles. The Bertz CT molecular complexity index is 1080. The Morgan fingerprint density at radius 2 is 1.71 bits per heavy atom. The molecule has 0 radical (unpaired) electrons. The summed E-state index contributed by atoms with van der Waals surface area (Å²) in [6.07, 6.45) is 0. The van der Waals surface area contributed by atoms with E-state index in [4.69, 9.17) is 19.9 Å². The van der Waals surface area contributed by atoms with Gasteiger partial charge in [-0.25, -0.2) is 9.37 Å². The summed E-state index contributed by atoms with van der Waals surface area (Å²) in [4.78, 5) is 4.27. The SMILES string of the molecule is COc1ccc(-c2cc(-c3cccc(F)c3)nc(N)c2C#N)c(OC)c1OC. The lowest BCUT2D eigenvalue weighted by atomic mass is 9.97. The van der Waals surface area contributed by atoms with E-state index in [2.05, 4.69) is 11.1 Å². The third-order valence-corrected chi connectivity index (χ3v) is 4.27. The Kier molecular flexibility index (Phi) is 5.32. The van der Waals surface area contributed by atoms with Crippen LogP contribution in [0.3, 0.4) is 0 Å². The topological polar surface area (TPSA) is 90.4 Å². The lowest BCUT2D eigenvalue weighted by Gasteiger charge is -2.17. The molecular formula is C21H18FN3O3. The molecule has 0 bridgehead atoms. The molecule has 2 aromatic carbocycles. The lowest BCUT2D eigenvalue weighted by molar-refractivity contribution is 0.325. The van der Waals surface area contributed by atoms with Crippen LogP contribution in [0.1, 0.15) is 5.56 Å². The molecule has 0 unspecified atom stereocenters. The van der Waals surface area contributed by atoms with Crippen LogP contribution in [-0.4, -0.2) is 26.3 Å². The van der Waals surface area contributed by atoms with E-state index in [1.54, 1.807) is 30.3 Å². The van der Waals surface area contributed by atoms with Gasteiger partial charge in [0.1, 0.15) is 23.3 Å². The molecule has 3 aromatic rings. The van der Waals surface area contributed by atoms with Crippen molar-refractivity contribution in [2.24, 2.45) is 0 Å². The van der Waals surface area contributed by atoms with Crippen molar-refractivity contribution in [2.75, 3.05) is 27.1 Å². The highest BCUT2D eigenvalue weighted by atomic mass is 19.1. The van der Waals surface area contributed by atoms with Crippen molar-refractivity contribution < 1.29 is 18.6 Å². The first-order chi connectivity index (χ1) is 13.5. The number of pyridine rings is 1. The summed E-state index contributed by atoms with van der Waals surface area (Å²) in [5, 5.41) is 9.63. The highest BCUT2D eigenvalue weighted by Crippen LogP contribution is 2.46. The molecule has 2 N–H and O–H groups in total. The monoisotopic (exact) mass is 379 g/mol. The van der Waals surface area contributed by atoms with Gasteiger partial charge in [-0.1, -0.05) is 12.1 Å². The summed E-state index contributed by atoms with van der Waals surface area (Å²) < 4.78 is 29.9. The predicted octanol–water partition coefficient (Wildman–Crippen LogP) is 4.03. The number of methoxy groups -OCH3 is 3. The highest BCUT2D eigenvalue weighted by Gasteiger charge is 2.21. The van der Waals surface area contributed by atoms with E-state index < -0.39 is 5.82 Å². The molecule has 142 valence electrons. The van der Waals surface area contributed by atoms with Gasteiger partial charge in [0.2, 0.25) is 5.75 Å². The zero-order valence-corrected chi connectivity index (χ0v) is 15.6. The Labute approximate surface area is 161 Å². The highest BCUT2D eigenvalue weighted by molar-refractivity contribution is 5.85. The zero-order valence-electron chi connectivity index (χ0n) is 15.6. The maximum Gasteiger partial charge on any atom is 0.203 e. The Hall–Kier alpha value is -3.79. The van der Waals surface area contributed by atoms with E-state index in [0.29, 0.717) is 39.6 Å². The fourth-order valence-corrected chi connectivity index (χ4v) is 3.00. The molecule has 1 heterocycles. The smallest absolute Gasteiger partial charge is 0.203 e. The van der Waals surface area contributed by atoms with Crippen molar-refractivity contribution in [3.8, 4) is 45.7 Å². The average Bonchev–Trinajstić information content (AvgIpc) is 2.71. The van der Waals surface area contributed by atoms with Gasteiger partial charge in [0.15, 0.2) is 11.5 Å². The van der Waals surface area contributed by atoms with E-state index in [0.717, 1.165) is 0 Å². The van der Waals surface area contributed by atoms with E-state index in [-0.39, 0.29) is 11.4 Å². The largest absolute Gasteiger partial charge is 0.493 e. The van der Waals surface area contributed by atoms with E-state index in [1.165, 1.54) is 33.5 Å². The fraction of sp³-hybridized carbons (Fsp3) is 0.143. The first-order valence-electron chi connectivity index (χ1n) is 8.29. The first-order valence-corrected chi connectivity index (χ1v) is 8.29. The van der Waals surface area contributed by atoms with Gasteiger partial charge >= 0.3 is 0 Å². The number of nitrogens with two attached hydrogens (primary N) is 1. The number of nitrogen functional groups attached to an aromatic ring is 1. The number of anilines is 1. The number of aromatic nitrogens is 1. The Balaban J connectivity index is 2.31. The number of benzene rings is 2. The van der Waals surface area contributed by atoms with Gasteiger partial charge in [-0.3, -0.25) is 0 Å². The molecule has 6 nitrogen and oxygen atoms in total. The summed E-state index contributed by atoms with van der Waals surface area (Å²) >= 11 is 0. The standard InChI is InChI=1S/C21H18FN3O3/c1-26-18-8-7-14(19(27-2)20(18)28-3)15-10-17(25-21(24)16(15)11-23)12-5-4-6-13(22)9-12/h4-10H,1-3H3,(H2,24,25). The molecule has 28 heavy (non-hydrogen) atoms. The molecule has 0 atom stereocenters. The molecule has 0 saturated heterocycles. The van der Waals surface area contributed by atoms with Gasteiger partial charge in [0.05, 0.1) is 27.0 Å². The molecule has 0 aliphatic heterocycles. The molecule has 1 aromatic heterocycles. The molecule has 0 fully saturated rings. The summed E-state index contributed by atoms with van der Waals surface area (Å²) in [7, 11) is 4.50.